The van der Waals surface area contributed by atoms with E-state index in [1.165, 1.54) is 5.57 Å². The second-order valence-electron chi connectivity index (χ2n) is 4.21. The molecule has 0 aromatic heterocycles. The monoisotopic (exact) mass is 210 g/mol. The Hall–Kier alpha value is -0.430. The average molecular weight is 210 g/mol. The molecule has 2 atom stereocenters. The SMILES string of the molecule is C=C(C(C)C)C(C)C(C)C(=S)/C=C\C. The first-order valence-electron chi connectivity index (χ1n) is 5.27. The van der Waals surface area contributed by atoms with Gasteiger partial charge in [0.05, 0.1) is 0 Å². The van der Waals surface area contributed by atoms with E-state index in [0.717, 1.165) is 4.86 Å². The van der Waals surface area contributed by atoms with E-state index in [2.05, 4.69) is 34.3 Å². The van der Waals surface area contributed by atoms with Crippen LogP contribution in [0.15, 0.2) is 24.3 Å². The van der Waals surface area contributed by atoms with Crippen molar-refractivity contribution >= 4 is 17.1 Å². The van der Waals surface area contributed by atoms with Gasteiger partial charge >= 0.3 is 0 Å². The number of hydrogen-bond acceptors (Lipinski definition) is 1. The molecule has 80 valence electrons. The minimum atomic E-state index is 0.413. The van der Waals surface area contributed by atoms with Crippen molar-refractivity contribution in [1.29, 1.82) is 0 Å². The van der Waals surface area contributed by atoms with Crippen molar-refractivity contribution in [2.24, 2.45) is 17.8 Å². The highest BCUT2D eigenvalue weighted by Gasteiger charge is 2.19. The molecule has 0 aliphatic heterocycles. The van der Waals surface area contributed by atoms with Crippen LogP contribution in [0.5, 0.6) is 0 Å². The van der Waals surface area contributed by atoms with Crippen LogP contribution in [0, 0.1) is 17.8 Å². The van der Waals surface area contributed by atoms with Crippen molar-refractivity contribution in [1.82, 2.24) is 0 Å². The zero-order valence-electron chi connectivity index (χ0n) is 10.0. The molecular formula is C13H22S. The summed E-state index contributed by atoms with van der Waals surface area (Å²) in [6.45, 7) is 14.9. The Morgan fingerprint density at radius 3 is 2.00 bits per heavy atom. The smallest absolute Gasteiger partial charge is 0.0183 e. The molecule has 0 spiro atoms. The minimum Gasteiger partial charge on any atom is -0.0993 e. The van der Waals surface area contributed by atoms with E-state index in [1.54, 1.807) is 0 Å². The quantitative estimate of drug-likeness (QED) is 0.368. The van der Waals surface area contributed by atoms with Gasteiger partial charge in [0, 0.05) is 4.86 Å². The molecule has 0 N–H and O–H groups in total. The molecule has 14 heavy (non-hydrogen) atoms. The summed E-state index contributed by atoms with van der Waals surface area (Å²) in [5.41, 5.74) is 1.30. The third kappa shape index (κ3) is 3.75. The highest BCUT2D eigenvalue weighted by Crippen LogP contribution is 2.26. The maximum atomic E-state index is 5.33. The van der Waals surface area contributed by atoms with Crippen molar-refractivity contribution in [3.63, 3.8) is 0 Å². The van der Waals surface area contributed by atoms with Gasteiger partial charge < -0.3 is 0 Å². The van der Waals surface area contributed by atoms with E-state index in [0.29, 0.717) is 17.8 Å². The standard InChI is InChI=1S/C13H22S/c1-7-8-13(14)12(6)11(5)10(4)9(2)3/h7-9,11-12H,4H2,1-3,5-6H3/b8-7-. The molecule has 0 saturated carbocycles. The molecular weight excluding hydrogens is 188 g/mol. The van der Waals surface area contributed by atoms with Crippen LogP contribution in [-0.2, 0) is 0 Å². The third-order valence-electron chi connectivity index (χ3n) is 2.86. The lowest BCUT2D eigenvalue weighted by atomic mass is 9.82. The highest BCUT2D eigenvalue weighted by atomic mass is 32.1. The van der Waals surface area contributed by atoms with E-state index in [-0.39, 0.29) is 0 Å². The molecule has 0 bridgehead atoms. The van der Waals surface area contributed by atoms with E-state index in [4.69, 9.17) is 12.2 Å². The van der Waals surface area contributed by atoms with Gasteiger partial charge in [-0.25, -0.2) is 0 Å². The Bertz CT molecular complexity index is 236. The van der Waals surface area contributed by atoms with Crippen LogP contribution < -0.4 is 0 Å². The van der Waals surface area contributed by atoms with Gasteiger partial charge in [-0.1, -0.05) is 64.2 Å². The van der Waals surface area contributed by atoms with E-state index in [1.807, 2.05) is 19.1 Å². The number of rotatable bonds is 5. The van der Waals surface area contributed by atoms with Gasteiger partial charge in [0.15, 0.2) is 0 Å². The van der Waals surface area contributed by atoms with E-state index < -0.39 is 0 Å². The molecule has 0 radical (unpaired) electrons. The predicted octanol–water partition coefficient (Wildman–Crippen LogP) is 4.42. The first-order valence-corrected chi connectivity index (χ1v) is 5.67. The van der Waals surface area contributed by atoms with Crippen molar-refractivity contribution < 1.29 is 0 Å². The molecule has 0 fully saturated rings. The largest absolute Gasteiger partial charge is 0.0993 e. The first-order chi connectivity index (χ1) is 6.41. The molecule has 0 aliphatic carbocycles. The normalized spacial score (nSPS) is 15.9. The van der Waals surface area contributed by atoms with Crippen LogP contribution in [0.25, 0.3) is 0 Å². The van der Waals surface area contributed by atoms with Gasteiger partial charge in [0.1, 0.15) is 0 Å². The van der Waals surface area contributed by atoms with Crippen LogP contribution in [-0.4, -0.2) is 4.86 Å². The van der Waals surface area contributed by atoms with Crippen LogP contribution in [0.2, 0.25) is 0 Å². The molecule has 0 rings (SSSR count). The lowest BCUT2D eigenvalue weighted by Gasteiger charge is -2.24. The summed E-state index contributed by atoms with van der Waals surface area (Å²) in [4.78, 5) is 1.03. The molecule has 0 aliphatic rings. The van der Waals surface area contributed by atoms with Crippen molar-refractivity contribution in [3.05, 3.63) is 24.3 Å². The summed E-state index contributed by atoms with van der Waals surface area (Å²) in [5.74, 6) is 1.43. The van der Waals surface area contributed by atoms with Gasteiger partial charge in [0.2, 0.25) is 0 Å². The lowest BCUT2D eigenvalue weighted by Crippen LogP contribution is -2.19. The van der Waals surface area contributed by atoms with Crippen LogP contribution in [0.4, 0.5) is 0 Å². The van der Waals surface area contributed by atoms with Gasteiger partial charge in [-0.15, -0.1) is 0 Å². The van der Waals surface area contributed by atoms with Crippen LogP contribution >= 0.6 is 12.2 Å². The molecule has 0 saturated heterocycles. The van der Waals surface area contributed by atoms with E-state index >= 15 is 0 Å². The maximum Gasteiger partial charge on any atom is 0.0183 e. The van der Waals surface area contributed by atoms with Crippen molar-refractivity contribution in [2.45, 2.75) is 34.6 Å². The minimum absolute atomic E-state index is 0.413. The molecule has 2 unspecified atom stereocenters. The van der Waals surface area contributed by atoms with Gasteiger partial charge in [-0.05, 0) is 24.7 Å². The van der Waals surface area contributed by atoms with Crippen LogP contribution in [0.3, 0.4) is 0 Å². The van der Waals surface area contributed by atoms with Crippen molar-refractivity contribution in [3.8, 4) is 0 Å². The molecule has 0 amide bonds. The van der Waals surface area contributed by atoms with Crippen molar-refractivity contribution in [2.75, 3.05) is 0 Å². The third-order valence-corrected chi connectivity index (χ3v) is 3.36. The fraction of sp³-hybridized carbons (Fsp3) is 0.615. The fourth-order valence-electron chi connectivity index (χ4n) is 1.41. The Morgan fingerprint density at radius 2 is 1.64 bits per heavy atom. The Balaban J connectivity index is 4.46. The second-order valence-corrected chi connectivity index (χ2v) is 4.68. The number of hydrogen-bond donors (Lipinski definition) is 0. The summed E-state index contributed by atoms with van der Waals surface area (Å²) in [7, 11) is 0. The summed E-state index contributed by atoms with van der Waals surface area (Å²) in [5, 5.41) is 0. The molecule has 0 heterocycles. The number of thiocarbonyl (C=S) groups is 1. The lowest BCUT2D eigenvalue weighted by molar-refractivity contribution is 0.511. The van der Waals surface area contributed by atoms with E-state index in [9.17, 15) is 0 Å². The Kier molecular flexibility index (Phi) is 5.94. The Labute approximate surface area is 94.1 Å². The highest BCUT2D eigenvalue weighted by molar-refractivity contribution is 7.80. The maximum absolute atomic E-state index is 5.33. The molecule has 0 aromatic carbocycles. The summed E-state index contributed by atoms with van der Waals surface area (Å²) < 4.78 is 0. The zero-order valence-corrected chi connectivity index (χ0v) is 10.8. The van der Waals surface area contributed by atoms with Gasteiger partial charge in [-0.2, -0.15) is 0 Å². The predicted molar refractivity (Wildman–Crippen MR) is 69.7 cm³/mol. The van der Waals surface area contributed by atoms with Gasteiger partial charge in [0.25, 0.3) is 0 Å². The molecule has 0 aromatic rings. The Morgan fingerprint density at radius 1 is 1.14 bits per heavy atom. The molecule has 1 heteroatoms. The average Bonchev–Trinajstić information content (AvgIpc) is 2.14. The fourth-order valence-corrected chi connectivity index (χ4v) is 1.75. The second kappa shape index (κ2) is 6.13. The topological polar surface area (TPSA) is 0 Å². The first kappa shape index (κ1) is 13.6. The van der Waals surface area contributed by atoms with Gasteiger partial charge in [-0.3, -0.25) is 0 Å². The summed E-state index contributed by atoms with van der Waals surface area (Å²) in [6, 6.07) is 0. The summed E-state index contributed by atoms with van der Waals surface area (Å²) >= 11 is 5.33. The number of allylic oxidation sites excluding steroid dienone is 3. The zero-order chi connectivity index (χ0) is 11.3. The van der Waals surface area contributed by atoms with Crippen LogP contribution in [0.1, 0.15) is 34.6 Å². The molecule has 0 nitrogen and oxygen atoms in total. The summed E-state index contributed by atoms with van der Waals surface area (Å²) in [6.07, 6.45) is 4.02.